The Morgan fingerprint density at radius 3 is 2.61 bits per heavy atom. The monoisotopic (exact) mass is 328 g/mol. The van der Waals surface area contributed by atoms with Gasteiger partial charge in [0.2, 0.25) is 0 Å². The number of hydrogen-bond acceptors (Lipinski definition) is 7. The highest BCUT2D eigenvalue weighted by Crippen LogP contribution is 2.23. The molecule has 1 fully saturated rings. The van der Waals surface area contributed by atoms with Gasteiger partial charge in [-0.3, -0.25) is 0 Å². The maximum absolute atomic E-state index is 12.0. The lowest BCUT2D eigenvalue weighted by Crippen LogP contribution is -2.64. The molecule has 1 saturated heterocycles. The molecule has 0 aromatic heterocycles. The highest BCUT2D eigenvalue weighted by atomic mass is 16.6. The van der Waals surface area contributed by atoms with Crippen LogP contribution in [0.3, 0.4) is 0 Å². The maximum Gasteiger partial charge on any atom is 0.319 e. The third-order valence-corrected chi connectivity index (χ3v) is 3.55. The van der Waals surface area contributed by atoms with E-state index in [-0.39, 0.29) is 0 Å². The molecule has 2 amide bonds. The van der Waals surface area contributed by atoms with Crippen molar-refractivity contribution >= 4 is 11.7 Å². The van der Waals surface area contributed by atoms with E-state index in [1.54, 1.807) is 24.3 Å². The number of nitrogens with one attached hydrogen (secondary N) is 2. The minimum absolute atomic E-state index is 0.391. The summed E-state index contributed by atoms with van der Waals surface area (Å²) < 4.78 is 10.0. The molecule has 6 N–H and O–H groups in total. The number of ether oxygens (including phenoxy) is 2. The first-order valence-corrected chi connectivity index (χ1v) is 6.99. The second kappa shape index (κ2) is 7.57. The van der Waals surface area contributed by atoms with E-state index in [9.17, 15) is 20.1 Å². The lowest BCUT2D eigenvalue weighted by atomic mass is 9.97. The fourth-order valence-electron chi connectivity index (χ4n) is 2.31. The zero-order valence-corrected chi connectivity index (χ0v) is 12.4. The maximum atomic E-state index is 12.0. The first-order chi connectivity index (χ1) is 11.0. The molecule has 1 aromatic rings. The summed E-state index contributed by atoms with van der Waals surface area (Å²) in [6.07, 6.45) is -5.65. The third kappa shape index (κ3) is 3.89. The predicted molar refractivity (Wildman–Crippen MR) is 78.9 cm³/mol. The topological polar surface area (TPSA) is 141 Å². The summed E-state index contributed by atoms with van der Waals surface area (Å²) in [6, 6.07) is 4.70. The Bertz CT molecular complexity index is 542. The van der Waals surface area contributed by atoms with Crippen molar-refractivity contribution in [3.63, 3.8) is 0 Å². The van der Waals surface area contributed by atoms with E-state index in [0.29, 0.717) is 11.4 Å². The van der Waals surface area contributed by atoms with E-state index in [1.807, 2.05) is 0 Å². The zero-order chi connectivity index (χ0) is 17.0. The summed E-state index contributed by atoms with van der Waals surface area (Å²) in [4.78, 5) is 12.0. The van der Waals surface area contributed by atoms with Crippen LogP contribution in [0, 0.1) is 0 Å². The molecule has 23 heavy (non-hydrogen) atoms. The van der Waals surface area contributed by atoms with Gasteiger partial charge in [0, 0.05) is 0 Å². The summed E-state index contributed by atoms with van der Waals surface area (Å²) >= 11 is 0. The van der Waals surface area contributed by atoms with E-state index in [1.165, 1.54) is 7.11 Å². The van der Waals surface area contributed by atoms with Gasteiger partial charge in [-0.2, -0.15) is 0 Å². The average Bonchev–Trinajstić information content (AvgIpc) is 2.55. The van der Waals surface area contributed by atoms with E-state index in [2.05, 4.69) is 10.6 Å². The second-order valence-electron chi connectivity index (χ2n) is 5.05. The van der Waals surface area contributed by atoms with Gasteiger partial charge in [0.05, 0.1) is 19.4 Å². The number of anilines is 1. The number of carbonyl (C=O) groups is 1. The molecule has 1 aliphatic rings. The summed E-state index contributed by atoms with van der Waals surface area (Å²) in [5, 5.41) is 43.4. The van der Waals surface area contributed by atoms with Gasteiger partial charge in [-0.1, -0.05) is 12.1 Å². The lowest BCUT2D eigenvalue weighted by Gasteiger charge is -2.40. The van der Waals surface area contributed by atoms with Crippen molar-refractivity contribution in [2.24, 2.45) is 0 Å². The van der Waals surface area contributed by atoms with Gasteiger partial charge in [-0.15, -0.1) is 0 Å². The van der Waals surface area contributed by atoms with Crippen LogP contribution in [0.5, 0.6) is 5.75 Å². The van der Waals surface area contributed by atoms with Gasteiger partial charge in [0.25, 0.3) is 0 Å². The Balaban J connectivity index is 2.02. The second-order valence-corrected chi connectivity index (χ2v) is 5.05. The molecule has 1 unspecified atom stereocenters. The molecule has 0 spiro atoms. The van der Waals surface area contributed by atoms with Crippen molar-refractivity contribution in [1.29, 1.82) is 0 Å². The Hall–Kier alpha value is -1.91. The number of para-hydroxylation sites is 2. The van der Waals surface area contributed by atoms with Crippen LogP contribution in [-0.4, -0.2) is 70.8 Å². The highest BCUT2D eigenvalue weighted by molar-refractivity contribution is 5.91. The van der Waals surface area contributed by atoms with Crippen LogP contribution in [0.25, 0.3) is 0 Å². The molecule has 0 saturated carbocycles. The first kappa shape index (κ1) is 17.4. The number of hydrogen-bond donors (Lipinski definition) is 6. The molecule has 5 atom stereocenters. The van der Waals surface area contributed by atoms with E-state index < -0.39 is 43.3 Å². The molecular weight excluding hydrogens is 308 g/mol. The minimum Gasteiger partial charge on any atom is -0.495 e. The lowest BCUT2D eigenvalue weighted by molar-refractivity contribution is -0.252. The first-order valence-electron chi connectivity index (χ1n) is 6.99. The molecule has 1 heterocycles. The summed E-state index contributed by atoms with van der Waals surface area (Å²) in [7, 11) is 1.45. The fourth-order valence-corrected chi connectivity index (χ4v) is 2.31. The van der Waals surface area contributed by atoms with Crippen molar-refractivity contribution < 1.29 is 34.7 Å². The van der Waals surface area contributed by atoms with Crippen molar-refractivity contribution in [2.75, 3.05) is 19.0 Å². The number of methoxy groups -OCH3 is 1. The van der Waals surface area contributed by atoms with Crippen LogP contribution >= 0.6 is 0 Å². The highest BCUT2D eigenvalue weighted by Gasteiger charge is 2.44. The number of benzene rings is 1. The minimum atomic E-state index is -1.58. The van der Waals surface area contributed by atoms with Crippen LogP contribution in [0.4, 0.5) is 10.5 Å². The molecule has 9 heteroatoms. The summed E-state index contributed by atoms with van der Waals surface area (Å²) in [6.45, 7) is -0.574. The van der Waals surface area contributed by atoms with Gasteiger partial charge in [0.15, 0.2) is 6.29 Å². The Labute approximate surface area is 132 Å². The van der Waals surface area contributed by atoms with Crippen molar-refractivity contribution in [2.45, 2.75) is 30.6 Å². The SMILES string of the molecule is COc1ccccc1NC(=O)N[C@H]1C(O)O[C@H](CO)[C@@H](O)[C@@H]1O. The number of aliphatic hydroxyl groups excluding tert-OH is 4. The Kier molecular flexibility index (Phi) is 5.74. The average molecular weight is 328 g/mol. The van der Waals surface area contributed by atoms with Crippen LogP contribution in [0.15, 0.2) is 24.3 Å². The quantitative estimate of drug-likeness (QED) is 0.400. The number of carbonyl (C=O) groups excluding carboxylic acids is 1. The molecule has 9 nitrogen and oxygen atoms in total. The van der Waals surface area contributed by atoms with Gasteiger partial charge in [0.1, 0.15) is 30.1 Å². The molecular formula is C14H20N2O7. The zero-order valence-electron chi connectivity index (χ0n) is 12.4. The summed E-state index contributed by atoms with van der Waals surface area (Å²) in [5.41, 5.74) is 0.391. The standard InChI is InChI=1S/C14H20N2O7/c1-22-8-5-3-2-4-7(8)15-14(21)16-10-12(19)11(18)9(6-17)23-13(10)20/h2-5,9-13,17-20H,6H2,1H3,(H2,15,16,21)/t9-,10-,11-,12-,13?/m1/s1. The van der Waals surface area contributed by atoms with Gasteiger partial charge in [-0.25, -0.2) is 4.79 Å². The van der Waals surface area contributed by atoms with E-state index >= 15 is 0 Å². The van der Waals surface area contributed by atoms with Crippen molar-refractivity contribution in [3.05, 3.63) is 24.3 Å². The van der Waals surface area contributed by atoms with Crippen LogP contribution in [0.1, 0.15) is 0 Å². The third-order valence-electron chi connectivity index (χ3n) is 3.55. The van der Waals surface area contributed by atoms with Crippen LogP contribution in [-0.2, 0) is 4.74 Å². The molecule has 0 aliphatic carbocycles. The number of urea groups is 1. The largest absolute Gasteiger partial charge is 0.495 e. The smallest absolute Gasteiger partial charge is 0.319 e. The molecule has 1 aliphatic heterocycles. The number of amides is 2. The molecule has 0 bridgehead atoms. The van der Waals surface area contributed by atoms with Gasteiger partial charge >= 0.3 is 6.03 Å². The van der Waals surface area contributed by atoms with Crippen molar-refractivity contribution in [1.82, 2.24) is 5.32 Å². The van der Waals surface area contributed by atoms with Gasteiger partial charge in [-0.05, 0) is 12.1 Å². The normalized spacial score (nSPS) is 30.6. The van der Waals surface area contributed by atoms with Gasteiger partial charge < -0.3 is 40.5 Å². The molecule has 1 aromatic carbocycles. The molecule has 0 radical (unpaired) electrons. The Morgan fingerprint density at radius 2 is 1.96 bits per heavy atom. The molecule has 2 rings (SSSR count). The number of rotatable bonds is 4. The van der Waals surface area contributed by atoms with Crippen LogP contribution in [0.2, 0.25) is 0 Å². The van der Waals surface area contributed by atoms with E-state index in [4.69, 9.17) is 14.6 Å². The molecule has 128 valence electrons. The van der Waals surface area contributed by atoms with Crippen molar-refractivity contribution in [3.8, 4) is 5.75 Å². The fraction of sp³-hybridized carbons (Fsp3) is 0.500. The number of aliphatic hydroxyl groups is 4. The van der Waals surface area contributed by atoms with Crippen LogP contribution < -0.4 is 15.4 Å². The predicted octanol–water partition coefficient (Wildman–Crippen LogP) is -1.38. The van der Waals surface area contributed by atoms with E-state index in [0.717, 1.165) is 0 Å². The summed E-state index contributed by atoms with van der Waals surface area (Å²) in [5.74, 6) is 0.434. The Morgan fingerprint density at radius 1 is 1.26 bits per heavy atom.